The van der Waals surface area contributed by atoms with E-state index >= 15 is 0 Å². The Morgan fingerprint density at radius 3 is 2.67 bits per heavy atom. The highest BCUT2D eigenvalue weighted by Gasteiger charge is 2.36. The maximum Gasteiger partial charge on any atom is 0.374 e. The number of aromatic nitrogens is 2. The number of nitrogens with one attached hydrogen (secondary N) is 1. The minimum Gasteiger partial charge on any atom is -0.460 e. The minimum absolute atomic E-state index is 0.0492. The fourth-order valence-electron chi connectivity index (χ4n) is 3.16. The molecular weight excluding hydrogens is 232 g/mol. The quantitative estimate of drug-likeness (QED) is 0.808. The van der Waals surface area contributed by atoms with Gasteiger partial charge in [0.15, 0.2) is 0 Å². The summed E-state index contributed by atoms with van der Waals surface area (Å²) in [6, 6.07) is 0. The number of aromatic amines is 1. The van der Waals surface area contributed by atoms with Crippen molar-refractivity contribution in [1.82, 2.24) is 9.97 Å². The predicted octanol–water partition coefficient (Wildman–Crippen LogP) is 1.70. The lowest BCUT2D eigenvalue weighted by molar-refractivity contribution is 0.0510. The van der Waals surface area contributed by atoms with Crippen LogP contribution < -0.4 is 5.56 Å². The molecule has 1 saturated carbocycles. The maximum absolute atomic E-state index is 12.1. The fraction of sp³-hybridized carbons (Fsp3) is 0.615. The number of ether oxygens (including phenoxy) is 1. The van der Waals surface area contributed by atoms with Crippen molar-refractivity contribution in [3.63, 3.8) is 0 Å². The summed E-state index contributed by atoms with van der Waals surface area (Å²) in [5, 5.41) is 0. The van der Waals surface area contributed by atoms with E-state index in [1.807, 2.05) is 0 Å². The van der Waals surface area contributed by atoms with Gasteiger partial charge in [-0.3, -0.25) is 4.79 Å². The lowest BCUT2D eigenvalue weighted by Gasteiger charge is -2.36. The summed E-state index contributed by atoms with van der Waals surface area (Å²) in [6.07, 6.45) is 4.30. The first-order valence-electron chi connectivity index (χ1n) is 6.52. The first kappa shape index (κ1) is 11.4. The SMILES string of the molecule is CCOC(=O)c1nc2c(c(=O)[nH]1)C1CCC2CC1. The standard InChI is InChI=1S/C13H16N2O3/c1-2-18-13(17)11-14-10-8-5-3-7(4-6-8)9(10)12(16)15-11/h7-8H,2-6H2,1H3,(H,14,15,16). The second-order valence-electron chi connectivity index (χ2n) is 4.98. The van der Waals surface area contributed by atoms with E-state index in [0.717, 1.165) is 36.9 Å². The molecular formula is C13H16N2O3. The summed E-state index contributed by atoms with van der Waals surface area (Å²) >= 11 is 0. The number of esters is 1. The number of hydrogen-bond acceptors (Lipinski definition) is 4. The van der Waals surface area contributed by atoms with Crippen molar-refractivity contribution in [2.24, 2.45) is 0 Å². The van der Waals surface area contributed by atoms with Crippen LogP contribution in [0.25, 0.3) is 0 Å². The van der Waals surface area contributed by atoms with Crippen molar-refractivity contribution in [2.45, 2.75) is 44.4 Å². The van der Waals surface area contributed by atoms with Crippen LogP contribution >= 0.6 is 0 Å². The molecule has 1 heterocycles. The Morgan fingerprint density at radius 1 is 1.33 bits per heavy atom. The van der Waals surface area contributed by atoms with E-state index in [-0.39, 0.29) is 18.0 Å². The number of carbonyl (C=O) groups is 1. The molecule has 4 rings (SSSR count). The van der Waals surface area contributed by atoms with Gasteiger partial charge in [-0.2, -0.15) is 0 Å². The van der Waals surface area contributed by atoms with E-state index in [1.165, 1.54) is 0 Å². The van der Waals surface area contributed by atoms with Crippen LogP contribution in [0.2, 0.25) is 0 Å². The molecule has 2 bridgehead atoms. The van der Waals surface area contributed by atoms with Crippen LogP contribution in [0.5, 0.6) is 0 Å². The zero-order chi connectivity index (χ0) is 12.7. The Labute approximate surface area is 105 Å². The van der Waals surface area contributed by atoms with Crippen molar-refractivity contribution in [3.05, 3.63) is 27.4 Å². The van der Waals surface area contributed by atoms with E-state index in [0.29, 0.717) is 11.8 Å². The topological polar surface area (TPSA) is 72.0 Å². The first-order chi connectivity index (χ1) is 8.70. The predicted molar refractivity (Wildman–Crippen MR) is 64.8 cm³/mol. The molecule has 0 saturated heterocycles. The molecule has 3 aliphatic carbocycles. The average molecular weight is 248 g/mol. The van der Waals surface area contributed by atoms with Crippen LogP contribution in [-0.2, 0) is 4.74 Å². The number of fused-ring (bicyclic) bond motifs is 2. The minimum atomic E-state index is -0.543. The van der Waals surface area contributed by atoms with Crippen LogP contribution in [-0.4, -0.2) is 22.5 Å². The Kier molecular flexibility index (Phi) is 2.69. The molecule has 0 unspecified atom stereocenters. The van der Waals surface area contributed by atoms with Gasteiger partial charge in [0.25, 0.3) is 5.56 Å². The Bertz CT molecular complexity index is 542. The summed E-state index contributed by atoms with van der Waals surface area (Å²) in [6.45, 7) is 2.02. The lowest BCUT2D eigenvalue weighted by Crippen LogP contribution is -2.33. The highest BCUT2D eigenvalue weighted by molar-refractivity contribution is 5.85. The van der Waals surface area contributed by atoms with Crippen molar-refractivity contribution < 1.29 is 9.53 Å². The largest absolute Gasteiger partial charge is 0.460 e. The van der Waals surface area contributed by atoms with Gasteiger partial charge in [0.1, 0.15) is 0 Å². The Balaban J connectivity index is 2.08. The van der Waals surface area contributed by atoms with Gasteiger partial charge in [0.2, 0.25) is 5.82 Å². The first-order valence-corrected chi connectivity index (χ1v) is 6.52. The normalized spacial score (nSPS) is 24.7. The number of hydrogen-bond donors (Lipinski definition) is 1. The molecule has 5 nitrogen and oxygen atoms in total. The fourth-order valence-corrected chi connectivity index (χ4v) is 3.16. The summed E-state index contributed by atoms with van der Waals surface area (Å²) in [5.41, 5.74) is 1.49. The molecule has 1 aromatic rings. The molecule has 1 fully saturated rings. The molecule has 0 amide bonds. The highest BCUT2D eigenvalue weighted by Crippen LogP contribution is 2.46. The van der Waals surface area contributed by atoms with E-state index in [4.69, 9.17) is 4.74 Å². The number of carbonyl (C=O) groups excluding carboxylic acids is 1. The van der Waals surface area contributed by atoms with Crippen LogP contribution in [0.3, 0.4) is 0 Å². The van der Waals surface area contributed by atoms with Crippen LogP contribution in [0.15, 0.2) is 4.79 Å². The van der Waals surface area contributed by atoms with Gasteiger partial charge in [-0.15, -0.1) is 0 Å². The third-order valence-electron chi connectivity index (χ3n) is 3.98. The number of H-pyrrole nitrogens is 1. The van der Waals surface area contributed by atoms with Crippen molar-refractivity contribution >= 4 is 5.97 Å². The Hall–Kier alpha value is -1.65. The van der Waals surface area contributed by atoms with Crippen LogP contribution in [0.4, 0.5) is 0 Å². The third-order valence-corrected chi connectivity index (χ3v) is 3.98. The number of nitrogens with zero attached hydrogens (tertiary/aromatic N) is 1. The molecule has 5 heteroatoms. The second-order valence-corrected chi connectivity index (χ2v) is 4.98. The van der Waals surface area contributed by atoms with Gasteiger partial charge < -0.3 is 9.72 Å². The van der Waals surface area contributed by atoms with Gasteiger partial charge in [0.05, 0.1) is 12.3 Å². The summed E-state index contributed by atoms with van der Waals surface area (Å²) in [4.78, 5) is 30.6. The second kappa shape index (κ2) is 4.23. The van der Waals surface area contributed by atoms with Crippen LogP contribution in [0.1, 0.15) is 66.3 Å². The molecule has 0 spiro atoms. The van der Waals surface area contributed by atoms with Crippen molar-refractivity contribution in [1.29, 1.82) is 0 Å². The van der Waals surface area contributed by atoms with Crippen molar-refractivity contribution in [2.75, 3.05) is 6.61 Å². The molecule has 0 atom stereocenters. The van der Waals surface area contributed by atoms with E-state index in [9.17, 15) is 9.59 Å². The van der Waals surface area contributed by atoms with Gasteiger partial charge in [-0.05, 0) is 38.5 Å². The lowest BCUT2D eigenvalue weighted by atomic mass is 9.69. The van der Waals surface area contributed by atoms with Gasteiger partial charge in [-0.1, -0.05) is 0 Å². The molecule has 1 aromatic heterocycles. The maximum atomic E-state index is 12.1. The van der Waals surface area contributed by atoms with E-state index in [1.54, 1.807) is 6.92 Å². The smallest absolute Gasteiger partial charge is 0.374 e. The van der Waals surface area contributed by atoms with Crippen molar-refractivity contribution in [3.8, 4) is 0 Å². The summed E-state index contributed by atoms with van der Waals surface area (Å²) < 4.78 is 4.88. The molecule has 0 aromatic carbocycles. The molecule has 1 N–H and O–H groups in total. The Morgan fingerprint density at radius 2 is 2.00 bits per heavy atom. The monoisotopic (exact) mass is 248 g/mol. The third kappa shape index (κ3) is 1.65. The molecule has 96 valence electrons. The highest BCUT2D eigenvalue weighted by atomic mass is 16.5. The summed E-state index contributed by atoms with van der Waals surface area (Å²) in [5.74, 6) is 0.185. The van der Waals surface area contributed by atoms with Gasteiger partial charge in [-0.25, -0.2) is 9.78 Å². The number of rotatable bonds is 2. The molecule has 0 radical (unpaired) electrons. The van der Waals surface area contributed by atoms with Crippen LogP contribution in [0, 0.1) is 0 Å². The van der Waals surface area contributed by atoms with E-state index in [2.05, 4.69) is 9.97 Å². The zero-order valence-corrected chi connectivity index (χ0v) is 10.4. The van der Waals surface area contributed by atoms with E-state index < -0.39 is 5.97 Å². The summed E-state index contributed by atoms with van der Waals surface area (Å²) in [7, 11) is 0. The molecule has 0 aliphatic heterocycles. The molecule has 18 heavy (non-hydrogen) atoms. The zero-order valence-electron chi connectivity index (χ0n) is 10.4. The van der Waals surface area contributed by atoms with Gasteiger partial charge >= 0.3 is 5.97 Å². The molecule has 3 aliphatic rings. The average Bonchev–Trinajstić information content (AvgIpc) is 2.40. The van der Waals surface area contributed by atoms with Gasteiger partial charge in [0, 0.05) is 11.5 Å².